The van der Waals surface area contributed by atoms with E-state index in [-0.39, 0.29) is 5.92 Å². The van der Waals surface area contributed by atoms with Gasteiger partial charge in [-0.1, -0.05) is 78.1 Å². The fourth-order valence-electron chi connectivity index (χ4n) is 8.03. The van der Waals surface area contributed by atoms with Gasteiger partial charge in [-0.15, -0.1) is 0 Å². The highest BCUT2D eigenvalue weighted by molar-refractivity contribution is 5.01. The minimum absolute atomic E-state index is 0.138. The maximum absolute atomic E-state index is 15.1. The molecular formula is C31H53F3O2. The predicted molar refractivity (Wildman–Crippen MR) is 140 cm³/mol. The minimum Gasteiger partial charge on any atom is -0.375 e. The zero-order valence-corrected chi connectivity index (χ0v) is 23.0. The second kappa shape index (κ2) is 14.2. The molecule has 7 atom stereocenters. The fourth-order valence-corrected chi connectivity index (χ4v) is 8.03. The third-order valence-electron chi connectivity index (χ3n) is 10.3. The lowest BCUT2D eigenvalue weighted by molar-refractivity contribution is -0.154. The summed E-state index contributed by atoms with van der Waals surface area (Å²) in [7, 11) is 0. The molecule has 36 heavy (non-hydrogen) atoms. The van der Waals surface area contributed by atoms with E-state index >= 15 is 13.2 Å². The molecule has 0 saturated heterocycles. The summed E-state index contributed by atoms with van der Waals surface area (Å²) in [4.78, 5) is 0. The molecule has 0 heterocycles. The van der Waals surface area contributed by atoms with Crippen molar-refractivity contribution in [1.82, 2.24) is 0 Å². The maximum Gasteiger partial charge on any atom is 0.157 e. The van der Waals surface area contributed by atoms with E-state index in [9.17, 15) is 0 Å². The third kappa shape index (κ3) is 7.42. The average Bonchev–Trinajstić information content (AvgIpc) is 2.90. The average molecular weight is 515 g/mol. The Bertz CT molecular complexity index is 615. The highest BCUT2D eigenvalue weighted by Crippen LogP contribution is 2.46. The second-order valence-corrected chi connectivity index (χ2v) is 12.9. The second-order valence-electron chi connectivity index (χ2n) is 12.9. The van der Waals surface area contributed by atoms with Gasteiger partial charge in [0.2, 0.25) is 0 Å². The molecule has 210 valence electrons. The molecule has 0 N–H and O–H groups in total. The lowest BCUT2D eigenvalue weighted by Crippen LogP contribution is -2.55. The monoisotopic (exact) mass is 514 g/mol. The van der Waals surface area contributed by atoms with E-state index in [4.69, 9.17) is 9.47 Å². The normalized spacial score (nSPS) is 43.8. The third-order valence-corrected chi connectivity index (χ3v) is 10.3. The SMILES string of the molecule is CCCOC1CCC2CC(OCC3CCC(CCC4CCC(CCC)CC4)CC3)C(F)C(F)C2C1F. The van der Waals surface area contributed by atoms with Crippen LogP contribution in [0.3, 0.4) is 0 Å². The summed E-state index contributed by atoms with van der Waals surface area (Å²) in [6.07, 6.45) is 12.4. The molecule has 4 aliphatic carbocycles. The van der Waals surface area contributed by atoms with Gasteiger partial charge in [-0.2, -0.15) is 0 Å². The molecule has 0 aliphatic heterocycles. The van der Waals surface area contributed by atoms with Crippen LogP contribution >= 0.6 is 0 Å². The van der Waals surface area contributed by atoms with Gasteiger partial charge in [-0.3, -0.25) is 0 Å². The van der Waals surface area contributed by atoms with Gasteiger partial charge < -0.3 is 9.47 Å². The van der Waals surface area contributed by atoms with Crippen molar-refractivity contribution in [2.45, 2.75) is 147 Å². The van der Waals surface area contributed by atoms with Crippen molar-refractivity contribution in [2.75, 3.05) is 13.2 Å². The number of fused-ring (bicyclic) bond motifs is 1. The largest absolute Gasteiger partial charge is 0.375 e. The summed E-state index contributed by atoms with van der Waals surface area (Å²) < 4.78 is 56.8. The standard InChI is InChI=1S/C31H53F3O2/c1-3-5-21-6-8-22(9-7-21)10-11-23-12-14-24(15-13-23)20-36-27-19-25-16-17-26(35-18-4-2)29(32)28(25)31(34)30(27)33/h21-31H,3-20H2,1-2H3. The van der Waals surface area contributed by atoms with Crippen LogP contribution in [0, 0.1) is 35.5 Å². The van der Waals surface area contributed by atoms with E-state index in [1.165, 1.54) is 64.2 Å². The van der Waals surface area contributed by atoms with E-state index in [1.807, 2.05) is 6.92 Å². The molecule has 2 nitrogen and oxygen atoms in total. The number of rotatable bonds is 11. The van der Waals surface area contributed by atoms with Gasteiger partial charge >= 0.3 is 0 Å². The van der Waals surface area contributed by atoms with E-state index < -0.39 is 36.6 Å². The van der Waals surface area contributed by atoms with Crippen LogP contribution in [0.5, 0.6) is 0 Å². The summed E-state index contributed by atoms with van der Waals surface area (Å²) in [6, 6.07) is 0. The highest BCUT2D eigenvalue weighted by atomic mass is 19.2. The van der Waals surface area contributed by atoms with Crippen molar-refractivity contribution in [1.29, 1.82) is 0 Å². The molecule has 0 radical (unpaired) electrons. The van der Waals surface area contributed by atoms with Crippen LogP contribution in [-0.2, 0) is 9.47 Å². The van der Waals surface area contributed by atoms with Crippen molar-refractivity contribution in [3.8, 4) is 0 Å². The van der Waals surface area contributed by atoms with E-state index in [0.29, 0.717) is 38.4 Å². The Morgan fingerprint density at radius 3 is 1.72 bits per heavy atom. The van der Waals surface area contributed by atoms with Crippen LogP contribution in [-0.4, -0.2) is 43.9 Å². The number of hydrogen-bond donors (Lipinski definition) is 0. The van der Waals surface area contributed by atoms with Crippen molar-refractivity contribution in [3.05, 3.63) is 0 Å². The van der Waals surface area contributed by atoms with E-state index in [2.05, 4.69) is 6.92 Å². The molecule has 7 unspecified atom stereocenters. The molecule has 0 spiro atoms. The number of halogens is 3. The molecule has 0 aromatic rings. The molecule has 0 amide bonds. The Morgan fingerprint density at radius 1 is 0.556 bits per heavy atom. The Labute approximate surface area is 218 Å². The zero-order chi connectivity index (χ0) is 25.5. The number of hydrogen-bond acceptors (Lipinski definition) is 2. The van der Waals surface area contributed by atoms with Crippen LogP contribution < -0.4 is 0 Å². The van der Waals surface area contributed by atoms with Gasteiger partial charge in [0, 0.05) is 19.1 Å². The van der Waals surface area contributed by atoms with Crippen molar-refractivity contribution < 1.29 is 22.6 Å². The molecule has 4 saturated carbocycles. The van der Waals surface area contributed by atoms with Gasteiger partial charge in [0.1, 0.15) is 12.3 Å². The molecule has 4 rings (SSSR count). The van der Waals surface area contributed by atoms with E-state index in [1.54, 1.807) is 0 Å². The zero-order valence-electron chi connectivity index (χ0n) is 23.0. The number of alkyl halides is 3. The van der Waals surface area contributed by atoms with Crippen LogP contribution in [0.1, 0.15) is 117 Å². The summed E-state index contributed by atoms with van der Waals surface area (Å²) >= 11 is 0. The van der Waals surface area contributed by atoms with Crippen LogP contribution in [0.2, 0.25) is 0 Å². The van der Waals surface area contributed by atoms with Crippen molar-refractivity contribution in [2.24, 2.45) is 35.5 Å². The first kappa shape index (κ1) is 28.7. The fraction of sp³-hybridized carbons (Fsp3) is 1.00. The molecule has 4 fully saturated rings. The molecule has 5 heteroatoms. The summed E-state index contributed by atoms with van der Waals surface area (Å²) in [5, 5.41) is 0. The van der Waals surface area contributed by atoms with Gasteiger partial charge in [-0.05, 0) is 68.1 Å². The predicted octanol–water partition coefficient (Wildman–Crippen LogP) is 8.80. The Kier molecular flexibility index (Phi) is 11.3. The topological polar surface area (TPSA) is 18.5 Å². The molecule has 0 bridgehead atoms. The van der Waals surface area contributed by atoms with Gasteiger partial charge in [-0.25, -0.2) is 13.2 Å². The summed E-state index contributed by atoms with van der Waals surface area (Å²) in [5.74, 6) is 2.21. The Hall–Kier alpha value is -0.290. The first-order chi connectivity index (χ1) is 17.5. The van der Waals surface area contributed by atoms with Crippen molar-refractivity contribution >= 4 is 0 Å². The lowest BCUT2D eigenvalue weighted by atomic mass is 9.66. The van der Waals surface area contributed by atoms with Gasteiger partial charge in [0.15, 0.2) is 6.17 Å². The Morgan fingerprint density at radius 2 is 1.14 bits per heavy atom. The van der Waals surface area contributed by atoms with Gasteiger partial charge in [0.05, 0.1) is 12.2 Å². The maximum atomic E-state index is 15.1. The smallest absolute Gasteiger partial charge is 0.157 e. The highest BCUT2D eigenvalue weighted by Gasteiger charge is 2.53. The van der Waals surface area contributed by atoms with Crippen molar-refractivity contribution in [3.63, 3.8) is 0 Å². The van der Waals surface area contributed by atoms with E-state index in [0.717, 1.165) is 37.0 Å². The van der Waals surface area contributed by atoms with Crippen LogP contribution in [0.4, 0.5) is 13.2 Å². The quantitative estimate of drug-likeness (QED) is 0.274. The Balaban J connectivity index is 1.14. The summed E-state index contributed by atoms with van der Waals surface area (Å²) in [5.41, 5.74) is 0. The van der Waals surface area contributed by atoms with Gasteiger partial charge in [0.25, 0.3) is 0 Å². The van der Waals surface area contributed by atoms with Crippen LogP contribution in [0.25, 0.3) is 0 Å². The summed E-state index contributed by atoms with van der Waals surface area (Å²) in [6.45, 7) is 5.29. The minimum atomic E-state index is -1.79. The molecule has 0 aromatic carbocycles. The first-order valence-corrected chi connectivity index (χ1v) is 15.6. The first-order valence-electron chi connectivity index (χ1n) is 15.6. The molecule has 0 aromatic heterocycles. The number of ether oxygens (including phenoxy) is 2. The lowest BCUT2D eigenvalue weighted by Gasteiger charge is -2.47. The van der Waals surface area contributed by atoms with Crippen LogP contribution in [0.15, 0.2) is 0 Å². The molecule has 4 aliphatic rings. The molecular weight excluding hydrogens is 461 g/mol.